The first-order valence-corrected chi connectivity index (χ1v) is 11.0. The quantitative estimate of drug-likeness (QED) is 0.539. The summed E-state index contributed by atoms with van der Waals surface area (Å²) >= 11 is 0. The van der Waals surface area contributed by atoms with E-state index in [1.807, 2.05) is 0 Å². The highest BCUT2D eigenvalue weighted by Gasteiger charge is 2.28. The summed E-state index contributed by atoms with van der Waals surface area (Å²) in [6.45, 7) is 1.24. The SMILES string of the molecule is COC(=O)[C@H](CC[S@@](=O)c1ccccc1)NC(=O)[C@@H](Cc1ccccc1F)NC(C)=O. The molecule has 31 heavy (non-hydrogen) atoms. The van der Waals surface area contributed by atoms with Gasteiger partial charge >= 0.3 is 5.97 Å². The van der Waals surface area contributed by atoms with Crippen LogP contribution in [0.3, 0.4) is 0 Å². The molecule has 0 aliphatic heterocycles. The normalized spacial score (nSPS) is 13.5. The van der Waals surface area contributed by atoms with Gasteiger partial charge in [0.25, 0.3) is 0 Å². The van der Waals surface area contributed by atoms with Gasteiger partial charge in [0.15, 0.2) is 0 Å². The van der Waals surface area contributed by atoms with Crippen LogP contribution >= 0.6 is 0 Å². The van der Waals surface area contributed by atoms with E-state index in [2.05, 4.69) is 10.6 Å². The molecule has 0 aliphatic carbocycles. The molecule has 2 rings (SSSR count). The third-order valence-corrected chi connectivity index (χ3v) is 5.88. The van der Waals surface area contributed by atoms with Crippen molar-refractivity contribution in [3.63, 3.8) is 0 Å². The van der Waals surface area contributed by atoms with Gasteiger partial charge in [0, 0.05) is 24.0 Å². The summed E-state index contributed by atoms with van der Waals surface area (Å²) in [5, 5.41) is 5.01. The lowest BCUT2D eigenvalue weighted by atomic mass is 10.0. The summed E-state index contributed by atoms with van der Waals surface area (Å²) in [4.78, 5) is 37.1. The number of amides is 2. The van der Waals surface area contributed by atoms with E-state index in [0.717, 1.165) is 0 Å². The summed E-state index contributed by atoms with van der Waals surface area (Å²) in [7, 11) is -0.189. The highest BCUT2D eigenvalue weighted by Crippen LogP contribution is 2.11. The molecule has 2 amide bonds. The van der Waals surface area contributed by atoms with Crippen molar-refractivity contribution in [1.29, 1.82) is 0 Å². The van der Waals surface area contributed by atoms with E-state index in [1.54, 1.807) is 36.4 Å². The minimum Gasteiger partial charge on any atom is -0.467 e. The number of hydrogen-bond donors (Lipinski definition) is 2. The Hall–Kier alpha value is -3.07. The number of carbonyl (C=O) groups excluding carboxylic acids is 3. The zero-order chi connectivity index (χ0) is 22.8. The van der Waals surface area contributed by atoms with Crippen LogP contribution in [0.5, 0.6) is 0 Å². The van der Waals surface area contributed by atoms with E-state index in [9.17, 15) is 23.0 Å². The predicted molar refractivity (Wildman–Crippen MR) is 114 cm³/mol. The molecule has 166 valence electrons. The van der Waals surface area contributed by atoms with Gasteiger partial charge in [-0.3, -0.25) is 13.8 Å². The van der Waals surface area contributed by atoms with Crippen LogP contribution in [-0.2, 0) is 36.3 Å². The van der Waals surface area contributed by atoms with Gasteiger partial charge in [-0.2, -0.15) is 0 Å². The van der Waals surface area contributed by atoms with E-state index >= 15 is 0 Å². The smallest absolute Gasteiger partial charge is 0.328 e. The molecule has 2 N–H and O–H groups in total. The van der Waals surface area contributed by atoms with E-state index in [-0.39, 0.29) is 24.2 Å². The van der Waals surface area contributed by atoms with Gasteiger partial charge in [-0.05, 0) is 30.2 Å². The molecule has 0 unspecified atom stereocenters. The van der Waals surface area contributed by atoms with E-state index < -0.39 is 46.5 Å². The highest BCUT2D eigenvalue weighted by molar-refractivity contribution is 7.85. The summed E-state index contributed by atoms with van der Waals surface area (Å²) in [6.07, 6.45) is -0.0334. The first kappa shape index (κ1) is 24.2. The predicted octanol–water partition coefficient (Wildman–Crippen LogP) is 1.73. The molecule has 0 aliphatic rings. The van der Waals surface area contributed by atoms with E-state index in [0.29, 0.717) is 4.90 Å². The summed E-state index contributed by atoms with van der Waals surface area (Å²) < 4.78 is 31.2. The van der Waals surface area contributed by atoms with Gasteiger partial charge in [-0.15, -0.1) is 0 Å². The lowest BCUT2D eigenvalue weighted by molar-refractivity contribution is -0.145. The van der Waals surface area contributed by atoms with Crippen molar-refractivity contribution < 1.29 is 27.7 Å². The molecule has 2 aromatic carbocycles. The van der Waals surface area contributed by atoms with Crippen LogP contribution in [0.4, 0.5) is 4.39 Å². The van der Waals surface area contributed by atoms with Gasteiger partial charge in [-0.1, -0.05) is 36.4 Å². The van der Waals surface area contributed by atoms with Crippen molar-refractivity contribution in [3.05, 3.63) is 66.0 Å². The number of halogens is 1. The maximum absolute atomic E-state index is 14.0. The van der Waals surface area contributed by atoms with E-state index in [4.69, 9.17) is 4.74 Å². The Morgan fingerprint density at radius 1 is 1.00 bits per heavy atom. The van der Waals surface area contributed by atoms with Crippen molar-refractivity contribution in [2.24, 2.45) is 0 Å². The van der Waals surface area contributed by atoms with Crippen molar-refractivity contribution >= 4 is 28.6 Å². The second-order valence-corrected chi connectivity index (χ2v) is 8.36. The first-order chi connectivity index (χ1) is 14.8. The molecule has 0 saturated heterocycles. The van der Waals surface area contributed by atoms with Gasteiger partial charge in [0.2, 0.25) is 11.8 Å². The van der Waals surface area contributed by atoms with Crippen molar-refractivity contribution in [1.82, 2.24) is 10.6 Å². The summed E-state index contributed by atoms with van der Waals surface area (Å²) in [5.41, 5.74) is 0.246. The molecule has 7 nitrogen and oxygen atoms in total. The fourth-order valence-corrected chi connectivity index (χ4v) is 4.06. The maximum atomic E-state index is 14.0. The van der Waals surface area contributed by atoms with Gasteiger partial charge in [0.1, 0.15) is 17.9 Å². The minimum absolute atomic E-state index is 0.0619. The highest BCUT2D eigenvalue weighted by atomic mass is 32.2. The average Bonchev–Trinajstić information content (AvgIpc) is 2.76. The summed E-state index contributed by atoms with van der Waals surface area (Å²) in [6, 6.07) is 12.5. The third kappa shape index (κ3) is 7.60. The van der Waals surface area contributed by atoms with Crippen LogP contribution in [-0.4, -0.2) is 46.9 Å². The topological polar surface area (TPSA) is 102 Å². The van der Waals surface area contributed by atoms with E-state index in [1.165, 1.54) is 32.2 Å². The number of ether oxygens (including phenoxy) is 1. The Morgan fingerprint density at radius 3 is 2.26 bits per heavy atom. The number of benzene rings is 2. The van der Waals surface area contributed by atoms with Crippen LogP contribution in [0.25, 0.3) is 0 Å². The Bertz CT molecular complexity index is 939. The second kappa shape index (κ2) is 11.9. The largest absolute Gasteiger partial charge is 0.467 e. The van der Waals surface area contributed by atoms with Crippen LogP contribution in [0.2, 0.25) is 0 Å². The Labute approximate surface area is 182 Å². The van der Waals surface area contributed by atoms with Crippen molar-refractivity contribution in [2.75, 3.05) is 12.9 Å². The van der Waals surface area contributed by atoms with Gasteiger partial charge in [-0.25, -0.2) is 9.18 Å². The molecular formula is C22H25FN2O5S. The zero-order valence-electron chi connectivity index (χ0n) is 17.3. The zero-order valence-corrected chi connectivity index (χ0v) is 18.1. The maximum Gasteiger partial charge on any atom is 0.328 e. The van der Waals surface area contributed by atoms with Crippen LogP contribution in [0.15, 0.2) is 59.5 Å². The fraction of sp³-hybridized carbons (Fsp3) is 0.318. The lowest BCUT2D eigenvalue weighted by Crippen LogP contribution is -2.52. The van der Waals surface area contributed by atoms with Crippen LogP contribution in [0.1, 0.15) is 18.9 Å². The van der Waals surface area contributed by atoms with Crippen molar-refractivity contribution in [3.8, 4) is 0 Å². The second-order valence-electron chi connectivity index (χ2n) is 6.78. The Kier molecular flexibility index (Phi) is 9.33. The Balaban J connectivity index is 2.10. The standard InChI is InChI=1S/C22H25FN2O5S/c1-15(26)24-20(14-16-8-6-7-11-18(16)23)21(27)25-19(22(28)30-2)12-13-31(29)17-9-4-3-5-10-17/h3-11,19-20H,12-14H2,1-2H3,(H,24,26)(H,25,27)/t19-,20+,31+/m0/s1. The molecule has 0 spiro atoms. The minimum atomic E-state index is -1.37. The monoisotopic (exact) mass is 448 g/mol. The number of esters is 1. The number of rotatable bonds is 10. The number of nitrogens with one attached hydrogen (secondary N) is 2. The molecule has 2 aromatic rings. The lowest BCUT2D eigenvalue weighted by Gasteiger charge is -2.22. The Morgan fingerprint density at radius 2 is 1.65 bits per heavy atom. The average molecular weight is 449 g/mol. The van der Waals surface area contributed by atoms with Crippen molar-refractivity contribution in [2.45, 2.75) is 36.7 Å². The molecule has 0 radical (unpaired) electrons. The molecule has 0 heterocycles. The van der Waals surface area contributed by atoms with Gasteiger partial charge in [0.05, 0.1) is 17.9 Å². The number of methoxy groups -OCH3 is 1. The van der Waals surface area contributed by atoms with Crippen LogP contribution in [0, 0.1) is 5.82 Å². The molecule has 0 bridgehead atoms. The molecular weight excluding hydrogens is 423 g/mol. The number of hydrogen-bond acceptors (Lipinski definition) is 5. The molecule has 0 saturated carbocycles. The van der Waals surface area contributed by atoms with Gasteiger partial charge < -0.3 is 15.4 Å². The first-order valence-electron chi connectivity index (χ1n) is 9.64. The number of carbonyl (C=O) groups is 3. The third-order valence-electron chi connectivity index (χ3n) is 4.48. The molecule has 0 aromatic heterocycles. The fourth-order valence-electron chi connectivity index (χ4n) is 2.92. The molecule has 3 atom stereocenters. The summed E-state index contributed by atoms with van der Waals surface area (Å²) in [5.74, 6) is -2.24. The molecule has 0 fully saturated rings. The molecule has 9 heteroatoms. The van der Waals surface area contributed by atoms with Crippen LogP contribution < -0.4 is 10.6 Å².